The average Bonchev–Trinajstić information content (AvgIpc) is 2.01. The van der Waals surface area contributed by atoms with E-state index in [0.717, 1.165) is 19.5 Å². The van der Waals surface area contributed by atoms with Crippen molar-refractivity contribution in [2.24, 2.45) is 10.8 Å². The second-order valence-electron chi connectivity index (χ2n) is 6.10. The molecule has 0 fully saturated rings. The van der Waals surface area contributed by atoms with Gasteiger partial charge >= 0.3 is 0 Å². The normalized spacial score (nSPS) is 12.7. The molecular formula is C13H27NO. The molecule has 0 N–H and O–H groups in total. The zero-order valence-electron chi connectivity index (χ0n) is 11.5. The number of nitrogens with zero attached hydrogens (tertiary/aromatic N) is 1. The fraction of sp³-hybridized carbons (Fsp3) is 0.923. The molecule has 2 heteroatoms. The van der Waals surface area contributed by atoms with Gasteiger partial charge in [0.2, 0.25) is 5.91 Å². The van der Waals surface area contributed by atoms with Crippen LogP contribution >= 0.6 is 0 Å². The molecule has 0 aliphatic carbocycles. The van der Waals surface area contributed by atoms with Crippen LogP contribution in [0.2, 0.25) is 0 Å². The lowest BCUT2D eigenvalue weighted by atomic mass is 9.75. The summed E-state index contributed by atoms with van der Waals surface area (Å²) in [5.74, 6) is 0.280. The summed E-state index contributed by atoms with van der Waals surface area (Å²) in [4.78, 5) is 14.2. The molecule has 0 atom stereocenters. The Balaban J connectivity index is 4.64. The lowest BCUT2D eigenvalue weighted by Crippen LogP contribution is -2.42. The quantitative estimate of drug-likeness (QED) is 0.701. The maximum Gasteiger partial charge on any atom is 0.228 e. The standard InChI is InChI=1S/C13H27NO/c1-8-14(9-2)11(15)13(6,7)10-12(3,4)5/h8-10H2,1-7H3. The molecule has 0 aromatic carbocycles. The fourth-order valence-corrected chi connectivity index (χ4v) is 2.34. The van der Waals surface area contributed by atoms with Gasteiger partial charge in [-0.05, 0) is 25.7 Å². The third-order valence-corrected chi connectivity index (χ3v) is 2.60. The summed E-state index contributed by atoms with van der Waals surface area (Å²) < 4.78 is 0. The van der Waals surface area contributed by atoms with E-state index >= 15 is 0 Å². The first-order valence-corrected chi connectivity index (χ1v) is 5.93. The van der Waals surface area contributed by atoms with Gasteiger partial charge in [-0.1, -0.05) is 34.6 Å². The Labute approximate surface area is 95.0 Å². The largest absolute Gasteiger partial charge is 0.343 e. The van der Waals surface area contributed by atoms with E-state index in [1.165, 1.54) is 0 Å². The molecule has 90 valence electrons. The van der Waals surface area contributed by atoms with Crippen LogP contribution in [0.3, 0.4) is 0 Å². The molecule has 0 aromatic heterocycles. The van der Waals surface area contributed by atoms with E-state index < -0.39 is 0 Å². The van der Waals surface area contributed by atoms with Gasteiger partial charge in [0.25, 0.3) is 0 Å². The first-order chi connectivity index (χ1) is 6.64. The van der Waals surface area contributed by atoms with Crippen LogP contribution in [-0.4, -0.2) is 23.9 Å². The Kier molecular flexibility index (Phi) is 4.82. The first-order valence-electron chi connectivity index (χ1n) is 5.93. The van der Waals surface area contributed by atoms with Crippen LogP contribution in [0.5, 0.6) is 0 Å². The maximum atomic E-state index is 12.2. The van der Waals surface area contributed by atoms with Crippen molar-refractivity contribution in [3.05, 3.63) is 0 Å². The molecule has 0 aromatic rings. The van der Waals surface area contributed by atoms with Gasteiger partial charge in [0, 0.05) is 18.5 Å². The van der Waals surface area contributed by atoms with Gasteiger partial charge in [0.05, 0.1) is 0 Å². The average molecular weight is 213 g/mol. The Hall–Kier alpha value is -0.530. The van der Waals surface area contributed by atoms with Crippen molar-refractivity contribution in [1.29, 1.82) is 0 Å². The summed E-state index contributed by atoms with van der Waals surface area (Å²) in [6, 6.07) is 0. The molecule has 0 unspecified atom stereocenters. The molecule has 2 nitrogen and oxygen atoms in total. The van der Waals surface area contributed by atoms with E-state index in [0.29, 0.717) is 0 Å². The van der Waals surface area contributed by atoms with E-state index in [1.807, 2.05) is 18.7 Å². The van der Waals surface area contributed by atoms with Gasteiger partial charge in [-0.25, -0.2) is 0 Å². The minimum Gasteiger partial charge on any atom is -0.343 e. The Morgan fingerprint density at radius 1 is 1.00 bits per heavy atom. The van der Waals surface area contributed by atoms with Gasteiger partial charge in [0.15, 0.2) is 0 Å². The summed E-state index contributed by atoms with van der Waals surface area (Å²) >= 11 is 0. The van der Waals surface area contributed by atoms with Crippen molar-refractivity contribution in [3.63, 3.8) is 0 Å². The molecule has 15 heavy (non-hydrogen) atoms. The molecule has 0 aliphatic heterocycles. The minimum atomic E-state index is -0.246. The lowest BCUT2D eigenvalue weighted by Gasteiger charge is -2.35. The molecule has 0 saturated heterocycles. The van der Waals surface area contributed by atoms with Crippen molar-refractivity contribution in [2.75, 3.05) is 13.1 Å². The zero-order chi connectivity index (χ0) is 12.3. The smallest absolute Gasteiger partial charge is 0.228 e. The number of hydrogen-bond donors (Lipinski definition) is 0. The molecule has 0 aliphatic rings. The Bertz CT molecular complexity index is 209. The zero-order valence-corrected chi connectivity index (χ0v) is 11.5. The second-order valence-corrected chi connectivity index (χ2v) is 6.10. The number of carbonyl (C=O) groups is 1. The van der Waals surface area contributed by atoms with E-state index in [-0.39, 0.29) is 16.7 Å². The van der Waals surface area contributed by atoms with Gasteiger partial charge < -0.3 is 4.90 Å². The summed E-state index contributed by atoms with van der Waals surface area (Å²) in [5, 5.41) is 0. The summed E-state index contributed by atoms with van der Waals surface area (Å²) in [7, 11) is 0. The van der Waals surface area contributed by atoms with E-state index in [2.05, 4.69) is 34.6 Å². The van der Waals surface area contributed by atoms with Crippen LogP contribution in [0.4, 0.5) is 0 Å². The van der Waals surface area contributed by atoms with Crippen molar-refractivity contribution in [1.82, 2.24) is 4.90 Å². The Morgan fingerprint density at radius 2 is 1.40 bits per heavy atom. The van der Waals surface area contributed by atoms with E-state index in [1.54, 1.807) is 0 Å². The lowest BCUT2D eigenvalue weighted by molar-refractivity contribution is -0.141. The number of rotatable bonds is 4. The summed E-state index contributed by atoms with van der Waals surface area (Å²) in [6.07, 6.45) is 0.926. The monoisotopic (exact) mass is 213 g/mol. The molecule has 0 rings (SSSR count). The Morgan fingerprint density at radius 3 is 1.67 bits per heavy atom. The molecule has 1 amide bonds. The van der Waals surface area contributed by atoms with Crippen molar-refractivity contribution in [3.8, 4) is 0 Å². The number of amides is 1. The topological polar surface area (TPSA) is 20.3 Å². The molecule has 0 bridgehead atoms. The van der Waals surface area contributed by atoms with E-state index in [9.17, 15) is 4.79 Å². The van der Waals surface area contributed by atoms with Gasteiger partial charge in [-0.15, -0.1) is 0 Å². The van der Waals surface area contributed by atoms with Crippen molar-refractivity contribution in [2.45, 2.75) is 54.9 Å². The second kappa shape index (κ2) is 5.00. The highest BCUT2D eigenvalue weighted by Gasteiger charge is 2.34. The van der Waals surface area contributed by atoms with Crippen LogP contribution < -0.4 is 0 Å². The highest BCUT2D eigenvalue weighted by atomic mass is 16.2. The highest BCUT2D eigenvalue weighted by Crippen LogP contribution is 2.34. The van der Waals surface area contributed by atoms with Crippen LogP contribution in [0.25, 0.3) is 0 Å². The third-order valence-electron chi connectivity index (χ3n) is 2.60. The van der Waals surface area contributed by atoms with E-state index in [4.69, 9.17) is 0 Å². The van der Waals surface area contributed by atoms with Crippen molar-refractivity contribution >= 4 is 5.91 Å². The van der Waals surface area contributed by atoms with Gasteiger partial charge in [0.1, 0.15) is 0 Å². The van der Waals surface area contributed by atoms with Crippen LogP contribution in [-0.2, 0) is 4.79 Å². The molecule has 0 heterocycles. The number of carbonyl (C=O) groups excluding carboxylic acids is 1. The predicted molar refractivity (Wildman–Crippen MR) is 65.8 cm³/mol. The minimum absolute atomic E-state index is 0.201. The SMILES string of the molecule is CCN(CC)C(=O)C(C)(C)CC(C)(C)C. The maximum absolute atomic E-state index is 12.2. The van der Waals surface area contributed by atoms with Crippen LogP contribution in [0.1, 0.15) is 54.9 Å². The van der Waals surface area contributed by atoms with Gasteiger partial charge in [-0.2, -0.15) is 0 Å². The molecule has 0 saturated carbocycles. The van der Waals surface area contributed by atoms with Gasteiger partial charge in [-0.3, -0.25) is 4.79 Å². The third kappa shape index (κ3) is 4.67. The number of hydrogen-bond acceptors (Lipinski definition) is 1. The predicted octanol–water partition coefficient (Wildman–Crippen LogP) is 3.32. The van der Waals surface area contributed by atoms with Crippen LogP contribution in [0.15, 0.2) is 0 Å². The molecule has 0 spiro atoms. The van der Waals surface area contributed by atoms with Crippen molar-refractivity contribution < 1.29 is 4.79 Å². The molecule has 0 radical (unpaired) electrons. The molecular weight excluding hydrogens is 186 g/mol. The summed E-state index contributed by atoms with van der Waals surface area (Å²) in [6.45, 7) is 16.4. The van der Waals surface area contributed by atoms with Crippen LogP contribution in [0, 0.1) is 10.8 Å². The first kappa shape index (κ1) is 14.5. The highest BCUT2D eigenvalue weighted by molar-refractivity contribution is 5.81. The summed E-state index contributed by atoms with van der Waals surface area (Å²) in [5.41, 5.74) is -0.0451. The fourth-order valence-electron chi connectivity index (χ4n) is 2.34.